The number of alkyl halides is 3. The number of aromatic nitrogens is 1. The number of halogens is 4. The second kappa shape index (κ2) is 11.6. The number of benzene rings is 1. The third kappa shape index (κ3) is 6.05. The van der Waals surface area contributed by atoms with Gasteiger partial charge in [-0.25, -0.2) is 0 Å². The van der Waals surface area contributed by atoms with E-state index >= 15 is 0 Å². The van der Waals surface area contributed by atoms with Gasteiger partial charge in [0.15, 0.2) is 0 Å². The highest BCUT2D eigenvalue weighted by atomic mass is 79.9. The molecule has 200 valence electrons. The summed E-state index contributed by atoms with van der Waals surface area (Å²) in [7, 11) is 5.34. The molecular formula is C29H29BrF3N3O2. The lowest BCUT2D eigenvalue weighted by molar-refractivity contribution is -0.137. The molecule has 0 spiro atoms. The van der Waals surface area contributed by atoms with Gasteiger partial charge in [-0.2, -0.15) is 13.2 Å². The summed E-state index contributed by atoms with van der Waals surface area (Å²) in [4.78, 5) is 14.7. The molecule has 0 atom stereocenters. The number of para-hydroxylation sites is 1. The summed E-state index contributed by atoms with van der Waals surface area (Å²) in [6.45, 7) is 1.19. The van der Waals surface area contributed by atoms with Crippen LogP contribution in [0.25, 0.3) is 16.8 Å². The number of carbonyl (C=O) groups is 1. The van der Waals surface area contributed by atoms with Gasteiger partial charge in [0, 0.05) is 34.1 Å². The molecule has 0 saturated carbocycles. The smallest absolute Gasteiger partial charge is 0.418 e. The number of carbonyl (C=O) groups excluding carboxylic acids is 1. The van der Waals surface area contributed by atoms with Gasteiger partial charge in [0.2, 0.25) is 0 Å². The van der Waals surface area contributed by atoms with E-state index in [1.807, 2.05) is 49.4 Å². The number of ether oxygens (including phenoxy) is 1. The highest BCUT2D eigenvalue weighted by molar-refractivity contribution is 9.11. The monoisotopic (exact) mass is 587 g/mol. The Balaban J connectivity index is 1.90. The Bertz CT molecular complexity index is 1480. The molecule has 0 saturated heterocycles. The van der Waals surface area contributed by atoms with Crippen molar-refractivity contribution in [3.05, 3.63) is 98.9 Å². The third-order valence-electron chi connectivity index (χ3n) is 6.37. The molecule has 38 heavy (non-hydrogen) atoms. The maximum atomic E-state index is 14.1. The predicted molar refractivity (Wildman–Crippen MR) is 147 cm³/mol. The van der Waals surface area contributed by atoms with E-state index < -0.39 is 11.7 Å². The zero-order valence-electron chi connectivity index (χ0n) is 21.4. The molecule has 0 fully saturated rings. The van der Waals surface area contributed by atoms with Crippen LogP contribution < -0.4 is 16.0 Å². The Kier molecular flexibility index (Phi) is 8.47. The van der Waals surface area contributed by atoms with Gasteiger partial charge in [-0.3, -0.25) is 4.79 Å². The summed E-state index contributed by atoms with van der Waals surface area (Å²) in [5, 5.41) is 4.11. The summed E-state index contributed by atoms with van der Waals surface area (Å²) in [5.74, 6) is 0.215. The molecule has 0 bridgehead atoms. The molecule has 4 rings (SSSR count). The number of nitrogens with one attached hydrogen (secondary N) is 1. The van der Waals surface area contributed by atoms with Crippen LogP contribution in [0.15, 0.2) is 82.6 Å². The van der Waals surface area contributed by atoms with Crippen molar-refractivity contribution in [1.29, 1.82) is 0 Å². The first kappa shape index (κ1) is 27.7. The molecule has 9 heteroatoms. The fourth-order valence-corrected chi connectivity index (χ4v) is 4.76. The van der Waals surface area contributed by atoms with Crippen LogP contribution in [0.5, 0.6) is 0 Å². The Labute approximate surface area is 228 Å². The van der Waals surface area contributed by atoms with Crippen molar-refractivity contribution in [2.75, 3.05) is 34.3 Å². The van der Waals surface area contributed by atoms with Gasteiger partial charge in [-0.15, -0.1) is 0 Å². The first-order chi connectivity index (χ1) is 18.1. The first-order valence-electron chi connectivity index (χ1n) is 12.1. The second-order valence-corrected chi connectivity index (χ2v) is 10.1. The highest BCUT2D eigenvalue weighted by Crippen LogP contribution is 2.33. The van der Waals surface area contributed by atoms with Crippen molar-refractivity contribution in [3.63, 3.8) is 0 Å². The molecule has 1 aromatic heterocycles. The molecule has 0 radical (unpaired) electrons. The Morgan fingerprint density at radius 3 is 2.47 bits per heavy atom. The summed E-state index contributed by atoms with van der Waals surface area (Å²) in [6, 6.07) is 9.21. The number of amides is 1. The van der Waals surface area contributed by atoms with Crippen LogP contribution in [0.2, 0.25) is 0 Å². The average molecular weight is 588 g/mol. The molecule has 2 aliphatic rings. The lowest BCUT2D eigenvalue weighted by Crippen LogP contribution is -2.33. The Morgan fingerprint density at radius 1 is 1.08 bits per heavy atom. The fraction of sp³-hybridized carbons (Fsp3) is 0.276. The molecule has 0 unspecified atom stereocenters. The van der Waals surface area contributed by atoms with Crippen molar-refractivity contribution in [2.45, 2.75) is 19.0 Å². The zero-order valence-corrected chi connectivity index (χ0v) is 23.0. The van der Waals surface area contributed by atoms with E-state index in [0.29, 0.717) is 53.5 Å². The number of allylic oxidation sites excluding steroid dienone is 6. The van der Waals surface area contributed by atoms with E-state index in [0.717, 1.165) is 16.1 Å². The van der Waals surface area contributed by atoms with Crippen LogP contribution in [-0.4, -0.2) is 49.7 Å². The first-order valence-corrected chi connectivity index (χ1v) is 12.9. The van der Waals surface area contributed by atoms with Gasteiger partial charge in [0.1, 0.15) is 5.76 Å². The van der Waals surface area contributed by atoms with Crippen LogP contribution in [0.1, 0.15) is 18.4 Å². The lowest BCUT2D eigenvalue weighted by atomic mass is 9.99. The Morgan fingerprint density at radius 2 is 1.82 bits per heavy atom. The summed E-state index contributed by atoms with van der Waals surface area (Å²) >= 11 is 3.45. The average Bonchev–Trinajstić information content (AvgIpc) is 3.32. The number of hydrogen-bond donors (Lipinski definition) is 1. The minimum absolute atomic E-state index is 0.0312. The zero-order chi connectivity index (χ0) is 27.4. The van der Waals surface area contributed by atoms with Crippen LogP contribution in [-0.2, 0) is 15.7 Å². The van der Waals surface area contributed by atoms with E-state index in [1.165, 1.54) is 19.2 Å². The SMILES string of the molecule is COC1=CC(C(=O)NCCN(C)C)=CCC1=c1ccc(=C2C=CC(Br)=CC2)n1-c1ccccc1C(F)(F)F. The van der Waals surface area contributed by atoms with E-state index in [4.69, 9.17) is 4.74 Å². The molecular weight excluding hydrogens is 559 g/mol. The highest BCUT2D eigenvalue weighted by Gasteiger charge is 2.34. The van der Waals surface area contributed by atoms with Crippen molar-refractivity contribution in [3.8, 4) is 5.69 Å². The Hall–Kier alpha value is -3.30. The fourth-order valence-electron chi connectivity index (χ4n) is 4.47. The van der Waals surface area contributed by atoms with Crippen LogP contribution in [0.4, 0.5) is 13.2 Å². The molecule has 1 heterocycles. The van der Waals surface area contributed by atoms with E-state index in [2.05, 4.69) is 21.2 Å². The third-order valence-corrected chi connectivity index (χ3v) is 6.96. The lowest BCUT2D eigenvalue weighted by Gasteiger charge is -2.20. The second-order valence-electron chi connectivity index (χ2n) is 9.22. The number of nitrogens with zero attached hydrogens (tertiary/aromatic N) is 2. The molecule has 5 nitrogen and oxygen atoms in total. The molecule has 1 amide bonds. The molecule has 0 aliphatic heterocycles. The maximum absolute atomic E-state index is 14.1. The minimum Gasteiger partial charge on any atom is -0.496 e. The van der Waals surface area contributed by atoms with Crippen molar-refractivity contribution < 1.29 is 22.7 Å². The van der Waals surface area contributed by atoms with Crippen molar-refractivity contribution in [2.24, 2.45) is 0 Å². The number of methoxy groups -OCH3 is 1. The summed E-state index contributed by atoms with van der Waals surface area (Å²) in [6.07, 6.45) is 5.53. The largest absolute Gasteiger partial charge is 0.496 e. The van der Waals surface area contributed by atoms with Crippen molar-refractivity contribution in [1.82, 2.24) is 14.8 Å². The van der Waals surface area contributed by atoms with Crippen LogP contribution in [0.3, 0.4) is 0 Å². The normalized spacial score (nSPS) is 18.7. The molecule has 1 N–H and O–H groups in total. The molecule has 2 aromatic rings. The predicted octanol–water partition coefficient (Wildman–Crippen LogP) is 4.57. The maximum Gasteiger partial charge on any atom is 0.418 e. The quantitative estimate of drug-likeness (QED) is 0.538. The number of likely N-dealkylation sites (N-methyl/N-ethyl adjacent to an activating group) is 1. The summed E-state index contributed by atoms with van der Waals surface area (Å²) < 4.78 is 50.6. The van der Waals surface area contributed by atoms with Crippen LogP contribution >= 0.6 is 15.9 Å². The van der Waals surface area contributed by atoms with Gasteiger partial charge >= 0.3 is 6.18 Å². The van der Waals surface area contributed by atoms with Gasteiger partial charge in [0.05, 0.1) is 23.7 Å². The number of hydrogen-bond acceptors (Lipinski definition) is 3. The van der Waals surface area contributed by atoms with Gasteiger partial charge in [0.25, 0.3) is 5.91 Å². The van der Waals surface area contributed by atoms with Crippen LogP contribution in [0, 0.1) is 0 Å². The van der Waals surface area contributed by atoms with E-state index in [-0.39, 0.29) is 11.6 Å². The standard InChI is InChI=1S/C29H29BrF3N3O2/c1-35(2)17-16-34-28(37)20-10-13-22(27(18-20)38-3)25-15-14-24(19-8-11-21(30)12-9-19)36(25)26-7-5-4-6-23(26)29(31,32)33/h4-8,10-12,14-15,18H,9,13,16-17H2,1-3H3,(H,34,37). The van der Waals surface area contributed by atoms with Crippen molar-refractivity contribution >= 4 is 33.0 Å². The van der Waals surface area contributed by atoms with Gasteiger partial charge in [-0.1, -0.05) is 46.3 Å². The van der Waals surface area contributed by atoms with E-state index in [9.17, 15) is 18.0 Å². The van der Waals surface area contributed by atoms with E-state index in [1.54, 1.807) is 22.8 Å². The number of rotatable bonds is 6. The minimum atomic E-state index is -4.54. The molecule has 1 aromatic carbocycles. The summed E-state index contributed by atoms with van der Waals surface area (Å²) in [5.41, 5.74) is 1.33. The molecule has 2 aliphatic carbocycles. The van der Waals surface area contributed by atoms with Gasteiger partial charge < -0.3 is 19.5 Å². The van der Waals surface area contributed by atoms with Gasteiger partial charge in [-0.05, 0) is 68.9 Å². The topological polar surface area (TPSA) is 46.5 Å².